The number of rotatable bonds is 1. The highest BCUT2D eigenvalue weighted by molar-refractivity contribution is 5.29. The van der Waals surface area contributed by atoms with Gasteiger partial charge in [0, 0.05) is 0 Å². The van der Waals surface area contributed by atoms with E-state index in [-0.39, 0.29) is 12.2 Å². The van der Waals surface area contributed by atoms with Gasteiger partial charge in [0.1, 0.15) is 19.0 Å². The predicted octanol–water partition coefficient (Wildman–Crippen LogP) is 1.88. The number of fused-ring (bicyclic) bond motifs is 1. The largest absolute Gasteiger partial charge is 0.345 e. The van der Waals surface area contributed by atoms with Crippen molar-refractivity contribution in [2.45, 2.75) is 26.1 Å². The molecule has 2 atom stereocenters. The molecule has 0 saturated carbocycles. The predicted molar refractivity (Wildman–Crippen MR) is 46.7 cm³/mol. The van der Waals surface area contributed by atoms with Gasteiger partial charge in [0.25, 0.3) is 0 Å². The standard InChI is InChI=1S/C10H14O2/c1-7(2)8-3-4-9-10(5-8)12-6-11-9/h3-5,7,9-10H,6H2,1-2H3. The Balaban J connectivity index is 2.15. The highest BCUT2D eigenvalue weighted by atomic mass is 16.7. The number of hydrogen-bond acceptors (Lipinski definition) is 2. The summed E-state index contributed by atoms with van der Waals surface area (Å²) in [5.41, 5.74) is 1.35. The first-order valence-corrected chi connectivity index (χ1v) is 4.40. The van der Waals surface area contributed by atoms with Crippen molar-refractivity contribution in [1.82, 2.24) is 0 Å². The molecule has 0 aromatic heterocycles. The van der Waals surface area contributed by atoms with E-state index in [0.29, 0.717) is 12.7 Å². The van der Waals surface area contributed by atoms with Crippen molar-refractivity contribution in [3.8, 4) is 0 Å². The van der Waals surface area contributed by atoms with Gasteiger partial charge in [0.15, 0.2) is 0 Å². The van der Waals surface area contributed by atoms with Gasteiger partial charge >= 0.3 is 0 Å². The minimum absolute atomic E-state index is 0.160. The molecule has 2 aliphatic rings. The maximum Gasteiger partial charge on any atom is 0.148 e. The van der Waals surface area contributed by atoms with Crippen LogP contribution < -0.4 is 0 Å². The normalized spacial score (nSPS) is 33.8. The lowest BCUT2D eigenvalue weighted by Gasteiger charge is -2.18. The molecule has 2 unspecified atom stereocenters. The Morgan fingerprint density at radius 2 is 2.08 bits per heavy atom. The lowest BCUT2D eigenvalue weighted by Crippen LogP contribution is -2.21. The fraction of sp³-hybridized carbons (Fsp3) is 0.600. The summed E-state index contributed by atoms with van der Waals surface area (Å²) in [5.74, 6) is 0.575. The van der Waals surface area contributed by atoms with Crippen molar-refractivity contribution in [1.29, 1.82) is 0 Å². The summed E-state index contributed by atoms with van der Waals surface area (Å²) >= 11 is 0. The molecule has 0 amide bonds. The second-order valence-corrected chi connectivity index (χ2v) is 3.56. The fourth-order valence-corrected chi connectivity index (χ4v) is 1.53. The summed E-state index contributed by atoms with van der Waals surface area (Å²) in [6.45, 7) is 4.81. The van der Waals surface area contributed by atoms with Crippen molar-refractivity contribution < 1.29 is 9.47 Å². The van der Waals surface area contributed by atoms with E-state index in [1.165, 1.54) is 5.57 Å². The van der Waals surface area contributed by atoms with Crippen molar-refractivity contribution in [2.24, 2.45) is 5.92 Å². The van der Waals surface area contributed by atoms with Gasteiger partial charge in [-0.1, -0.05) is 26.0 Å². The van der Waals surface area contributed by atoms with Gasteiger partial charge in [0.05, 0.1) is 0 Å². The number of allylic oxidation sites excluding steroid dienone is 2. The Morgan fingerprint density at radius 1 is 1.33 bits per heavy atom. The molecule has 2 nitrogen and oxygen atoms in total. The summed E-state index contributed by atoms with van der Waals surface area (Å²) in [4.78, 5) is 0. The van der Waals surface area contributed by atoms with E-state index in [0.717, 1.165) is 0 Å². The molecule has 0 N–H and O–H groups in total. The zero-order chi connectivity index (χ0) is 8.55. The molecule has 1 aliphatic heterocycles. The minimum Gasteiger partial charge on any atom is -0.345 e. The first kappa shape index (κ1) is 8.02. The van der Waals surface area contributed by atoms with Gasteiger partial charge in [-0.05, 0) is 17.6 Å². The summed E-state index contributed by atoms with van der Waals surface area (Å²) < 4.78 is 10.7. The van der Waals surface area contributed by atoms with Gasteiger partial charge in [-0.2, -0.15) is 0 Å². The average molecular weight is 166 g/mol. The van der Waals surface area contributed by atoms with Crippen LogP contribution in [0.15, 0.2) is 23.8 Å². The number of hydrogen-bond donors (Lipinski definition) is 0. The summed E-state index contributed by atoms with van der Waals surface area (Å²) in [6.07, 6.45) is 6.72. The fourth-order valence-electron chi connectivity index (χ4n) is 1.53. The summed E-state index contributed by atoms with van der Waals surface area (Å²) in [6, 6.07) is 0. The van der Waals surface area contributed by atoms with Crippen molar-refractivity contribution in [3.63, 3.8) is 0 Å². The summed E-state index contributed by atoms with van der Waals surface area (Å²) in [7, 11) is 0. The third-order valence-corrected chi connectivity index (χ3v) is 2.35. The van der Waals surface area contributed by atoms with Crippen molar-refractivity contribution >= 4 is 0 Å². The molecule has 2 heteroatoms. The third kappa shape index (κ3) is 1.32. The van der Waals surface area contributed by atoms with Gasteiger partial charge in [0.2, 0.25) is 0 Å². The van der Waals surface area contributed by atoms with E-state index in [1.54, 1.807) is 0 Å². The van der Waals surface area contributed by atoms with E-state index in [9.17, 15) is 0 Å². The zero-order valence-corrected chi connectivity index (χ0v) is 7.49. The summed E-state index contributed by atoms with van der Waals surface area (Å²) in [5, 5.41) is 0. The Kier molecular flexibility index (Phi) is 2.03. The van der Waals surface area contributed by atoms with E-state index in [2.05, 4.69) is 32.1 Å². The molecule has 1 fully saturated rings. The monoisotopic (exact) mass is 166 g/mol. The molecule has 0 radical (unpaired) electrons. The molecule has 66 valence electrons. The Morgan fingerprint density at radius 3 is 2.83 bits per heavy atom. The van der Waals surface area contributed by atoms with Crippen LogP contribution in [0, 0.1) is 5.92 Å². The van der Waals surface area contributed by atoms with Crippen LogP contribution in [-0.4, -0.2) is 19.0 Å². The van der Waals surface area contributed by atoms with Crippen LogP contribution in [0.2, 0.25) is 0 Å². The van der Waals surface area contributed by atoms with E-state index >= 15 is 0 Å². The SMILES string of the molecule is CC(C)C1=CC2OCOC2C=C1. The first-order chi connectivity index (χ1) is 5.77. The van der Waals surface area contributed by atoms with Crippen LogP contribution in [0.3, 0.4) is 0 Å². The first-order valence-electron chi connectivity index (χ1n) is 4.40. The zero-order valence-electron chi connectivity index (χ0n) is 7.49. The van der Waals surface area contributed by atoms with Crippen LogP contribution in [0.4, 0.5) is 0 Å². The Hall–Kier alpha value is -0.600. The van der Waals surface area contributed by atoms with Crippen molar-refractivity contribution in [2.75, 3.05) is 6.79 Å². The van der Waals surface area contributed by atoms with Gasteiger partial charge in [-0.25, -0.2) is 0 Å². The van der Waals surface area contributed by atoms with E-state index in [4.69, 9.17) is 9.47 Å². The van der Waals surface area contributed by atoms with Gasteiger partial charge in [-0.3, -0.25) is 0 Å². The Bertz CT molecular complexity index is 228. The molecule has 1 heterocycles. The highest BCUT2D eigenvalue weighted by Gasteiger charge is 2.28. The van der Waals surface area contributed by atoms with Crippen molar-refractivity contribution in [3.05, 3.63) is 23.8 Å². The molecule has 0 spiro atoms. The van der Waals surface area contributed by atoms with E-state index < -0.39 is 0 Å². The maximum atomic E-state index is 5.39. The maximum absolute atomic E-state index is 5.39. The lowest BCUT2D eigenvalue weighted by atomic mass is 9.95. The van der Waals surface area contributed by atoms with E-state index in [1.807, 2.05) is 0 Å². The second-order valence-electron chi connectivity index (χ2n) is 3.56. The van der Waals surface area contributed by atoms with Crippen LogP contribution in [0.5, 0.6) is 0 Å². The Labute approximate surface area is 72.9 Å². The number of ether oxygens (including phenoxy) is 2. The molecule has 12 heavy (non-hydrogen) atoms. The molecule has 2 rings (SSSR count). The topological polar surface area (TPSA) is 18.5 Å². The molecular weight excluding hydrogens is 152 g/mol. The molecule has 0 aromatic carbocycles. The second kappa shape index (κ2) is 3.04. The van der Waals surface area contributed by atoms with Crippen LogP contribution in [0.1, 0.15) is 13.8 Å². The van der Waals surface area contributed by atoms with Crippen LogP contribution in [0.25, 0.3) is 0 Å². The van der Waals surface area contributed by atoms with Gasteiger partial charge < -0.3 is 9.47 Å². The van der Waals surface area contributed by atoms with Gasteiger partial charge in [-0.15, -0.1) is 0 Å². The molecule has 0 aromatic rings. The molecule has 1 saturated heterocycles. The minimum atomic E-state index is 0.160. The van der Waals surface area contributed by atoms with Crippen LogP contribution in [-0.2, 0) is 9.47 Å². The van der Waals surface area contributed by atoms with Crippen LogP contribution >= 0.6 is 0 Å². The quantitative estimate of drug-likeness (QED) is 0.592. The third-order valence-electron chi connectivity index (χ3n) is 2.35. The average Bonchev–Trinajstić information content (AvgIpc) is 2.49. The molecule has 1 aliphatic carbocycles. The highest BCUT2D eigenvalue weighted by Crippen LogP contribution is 2.25. The molecular formula is C10H14O2. The molecule has 0 bridgehead atoms. The lowest BCUT2D eigenvalue weighted by molar-refractivity contribution is 0.0503. The smallest absolute Gasteiger partial charge is 0.148 e.